The van der Waals surface area contributed by atoms with Gasteiger partial charge in [0.25, 0.3) is 0 Å². The summed E-state index contributed by atoms with van der Waals surface area (Å²) in [5.41, 5.74) is 1.22. The maximum atomic E-state index is 12.8. The summed E-state index contributed by atoms with van der Waals surface area (Å²) in [5.74, 6) is 0.595. The van der Waals surface area contributed by atoms with Gasteiger partial charge in [-0.25, -0.2) is 0 Å². The first-order chi connectivity index (χ1) is 9.74. The highest BCUT2D eigenvalue weighted by molar-refractivity contribution is 9.10. The van der Waals surface area contributed by atoms with Gasteiger partial charge in [-0.3, -0.25) is 4.79 Å². The summed E-state index contributed by atoms with van der Waals surface area (Å²) < 4.78 is 1.08. The highest BCUT2D eigenvalue weighted by Crippen LogP contribution is 2.31. The van der Waals surface area contributed by atoms with Gasteiger partial charge in [0, 0.05) is 23.0 Å². The molecule has 1 aromatic carbocycles. The maximum absolute atomic E-state index is 12.8. The fourth-order valence-electron chi connectivity index (χ4n) is 2.91. The Balaban J connectivity index is 1.70. The minimum atomic E-state index is 0.226. The number of halogens is 1. The molecule has 1 heterocycles. The van der Waals surface area contributed by atoms with Gasteiger partial charge in [-0.15, -0.1) is 0 Å². The molecule has 1 N–H and O–H groups in total. The standard InChI is InChI=1S/C16H21BrN2O/c17-14-3-1-2-12(10-14)11-19(15-4-5-15)16(20)13-6-8-18-9-7-13/h1-3,10,13,15,18H,4-9,11H2. The smallest absolute Gasteiger partial charge is 0.226 e. The molecular formula is C16H21BrN2O. The van der Waals surface area contributed by atoms with Crippen LogP contribution in [0.2, 0.25) is 0 Å². The van der Waals surface area contributed by atoms with E-state index in [4.69, 9.17) is 0 Å². The highest BCUT2D eigenvalue weighted by atomic mass is 79.9. The van der Waals surface area contributed by atoms with Gasteiger partial charge in [0.1, 0.15) is 0 Å². The van der Waals surface area contributed by atoms with E-state index in [-0.39, 0.29) is 5.92 Å². The summed E-state index contributed by atoms with van der Waals surface area (Å²) in [7, 11) is 0. The Morgan fingerprint density at radius 1 is 1.25 bits per heavy atom. The SMILES string of the molecule is O=C(C1CCNCC1)N(Cc1cccc(Br)c1)C1CC1. The monoisotopic (exact) mass is 336 g/mol. The minimum absolute atomic E-state index is 0.226. The van der Waals surface area contributed by atoms with Crippen LogP contribution in [0.15, 0.2) is 28.7 Å². The van der Waals surface area contributed by atoms with Gasteiger partial charge >= 0.3 is 0 Å². The van der Waals surface area contributed by atoms with E-state index in [0.717, 1.165) is 36.9 Å². The minimum Gasteiger partial charge on any atom is -0.335 e. The van der Waals surface area contributed by atoms with Gasteiger partial charge in [-0.2, -0.15) is 0 Å². The lowest BCUT2D eigenvalue weighted by atomic mass is 9.96. The van der Waals surface area contributed by atoms with Crippen molar-refractivity contribution in [3.8, 4) is 0 Å². The van der Waals surface area contributed by atoms with Crippen molar-refractivity contribution in [2.45, 2.75) is 38.3 Å². The van der Waals surface area contributed by atoms with Crippen molar-refractivity contribution in [2.75, 3.05) is 13.1 Å². The van der Waals surface area contributed by atoms with Gasteiger partial charge < -0.3 is 10.2 Å². The van der Waals surface area contributed by atoms with E-state index in [9.17, 15) is 4.79 Å². The number of carbonyl (C=O) groups is 1. The number of hydrogen-bond acceptors (Lipinski definition) is 2. The van der Waals surface area contributed by atoms with E-state index in [0.29, 0.717) is 11.9 Å². The van der Waals surface area contributed by atoms with E-state index in [2.05, 4.69) is 38.3 Å². The summed E-state index contributed by atoms with van der Waals surface area (Å²) in [5, 5.41) is 3.33. The van der Waals surface area contributed by atoms with Crippen LogP contribution in [0, 0.1) is 5.92 Å². The van der Waals surface area contributed by atoms with Crippen molar-refractivity contribution in [1.82, 2.24) is 10.2 Å². The third-order valence-electron chi connectivity index (χ3n) is 4.20. The van der Waals surface area contributed by atoms with Crippen LogP contribution in [0.4, 0.5) is 0 Å². The molecule has 2 fully saturated rings. The predicted octanol–water partition coefficient (Wildman–Crippen LogP) is 2.94. The molecule has 1 aromatic rings. The summed E-state index contributed by atoms with van der Waals surface area (Å²) >= 11 is 3.51. The number of rotatable bonds is 4. The molecule has 0 unspecified atom stereocenters. The van der Waals surface area contributed by atoms with Crippen molar-refractivity contribution in [2.24, 2.45) is 5.92 Å². The Morgan fingerprint density at radius 3 is 2.65 bits per heavy atom. The first-order valence-electron chi connectivity index (χ1n) is 7.49. The molecule has 0 aromatic heterocycles. The van der Waals surface area contributed by atoms with E-state index in [1.54, 1.807) is 0 Å². The molecule has 108 valence electrons. The predicted molar refractivity (Wildman–Crippen MR) is 83.3 cm³/mol. The summed E-state index contributed by atoms with van der Waals surface area (Å²) in [6.45, 7) is 2.71. The molecule has 4 heteroatoms. The average molecular weight is 337 g/mol. The third-order valence-corrected chi connectivity index (χ3v) is 4.69. The van der Waals surface area contributed by atoms with Gasteiger partial charge in [-0.05, 0) is 56.5 Å². The zero-order chi connectivity index (χ0) is 13.9. The molecule has 1 saturated carbocycles. The van der Waals surface area contributed by atoms with E-state index in [1.807, 2.05) is 12.1 Å². The van der Waals surface area contributed by atoms with Crippen molar-refractivity contribution >= 4 is 21.8 Å². The van der Waals surface area contributed by atoms with Crippen LogP contribution in [0.25, 0.3) is 0 Å². The first kappa shape index (κ1) is 14.1. The lowest BCUT2D eigenvalue weighted by Gasteiger charge is -2.30. The van der Waals surface area contributed by atoms with Crippen molar-refractivity contribution in [1.29, 1.82) is 0 Å². The number of nitrogens with zero attached hydrogens (tertiary/aromatic N) is 1. The Hall–Kier alpha value is -0.870. The number of benzene rings is 1. The molecule has 20 heavy (non-hydrogen) atoms. The zero-order valence-electron chi connectivity index (χ0n) is 11.6. The van der Waals surface area contributed by atoms with Gasteiger partial charge in [0.15, 0.2) is 0 Å². The molecule has 1 aliphatic carbocycles. The van der Waals surface area contributed by atoms with Gasteiger partial charge in [-0.1, -0.05) is 28.1 Å². The normalized spacial score (nSPS) is 19.9. The first-order valence-corrected chi connectivity index (χ1v) is 8.29. The van der Waals surface area contributed by atoms with Crippen LogP contribution in [0.3, 0.4) is 0 Å². The van der Waals surface area contributed by atoms with Crippen molar-refractivity contribution in [3.05, 3.63) is 34.3 Å². The molecule has 2 aliphatic rings. The fourth-order valence-corrected chi connectivity index (χ4v) is 3.36. The van der Waals surface area contributed by atoms with Gasteiger partial charge in [0.2, 0.25) is 5.91 Å². The average Bonchev–Trinajstić information content (AvgIpc) is 3.30. The van der Waals surface area contributed by atoms with Crippen LogP contribution >= 0.6 is 15.9 Å². The number of carbonyl (C=O) groups excluding carboxylic acids is 1. The van der Waals surface area contributed by atoms with Crippen LogP contribution in [-0.2, 0) is 11.3 Å². The second-order valence-electron chi connectivity index (χ2n) is 5.85. The Morgan fingerprint density at radius 2 is 2.00 bits per heavy atom. The van der Waals surface area contributed by atoms with E-state index in [1.165, 1.54) is 18.4 Å². The lowest BCUT2D eigenvalue weighted by Crippen LogP contribution is -2.41. The molecule has 1 amide bonds. The molecule has 3 nitrogen and oxygen atoms in total. The molecule has 3 rings (SSSR count). The topological polar surface area (TPSA) is 32.3 Å². The molecule has 0 spiro atoms. The largest absolute Gasteiger partial charge is 0.335 e. The number of amides is 1. The number of piperidine rings is 1. The molecule has 0 radical (unpaired) electrons. The second-order valence-corrected chi connectivity index (χ2v) is 6.77. The van der Waals surface area contributed by atoms with Crippen LogP contribution in [-0.4, -0.2) is 29.9 Å². The zero-order valence-corrected chi connectivity index (χ0v) is 13.2. The molecular weight excluding hydrogens is 316 g/mol. The summed E-state index contributed by atoms with van der Waals surface area (Å²) in [6.07, 6.45) is 4.32. The van der Waals surface area contributed by atoms with E-state index >= 15 is 0 Å². The van der Waals surface area contributed by atoms with Crippen LogP contribution < -0.4 is 5.32 Å². The lowest BCUT2D eigenvalue weighted by molar-refractivity contribution is -0.137. The number of hydrogen-bond donors (Lipinski definition) is 1. The Bertz CT molecular complexity index is 481. The summed E-state index contributed by atoms with van der Waals surface area (Å²) in [6, 6.07) is 8.77. The molecule has 0 atom stereocenters. The number of nitrogens with one attached hydrogen (secondary N) is 1. The van der Waals surface area contributed by atoms with Crippen molar-refractivity contribution in [3.63, 3.8) is 0 Å². The van der Waals surface area contributed by atoms with E-state index < -0.39 is 0 Å². The quantitative estimate of drug-likeness (QED) is 0.916. The molecule has 1 saturated heterocycles. The highest BCUT2D eigenvalue weighted by Gasteiger charge is 2.36. The second kappa shape index (κ2) is 6.27. The Labute approximate surface area is 128 Å². The van der Waals surface area contributed by atoms with Crippen LogP contribution in [0.5, 0.6) is 0 Å². The van der Waals surface area contributed by atoms with Crippen molar-refractivity contribution < 1.29 is 4.79 Å². The molecule has 0 bridgehead atoms. The Kier molecular flexibility index (Phi) is 4.41. The van der Waals surface area contributed by atoms with Gasteiger partial charge in [0.05, 0.1) is 0 Å². The summed E-state index contributed by atoms with van der Waals surface area (Å²) in [4.78, 5) is 14.9. The molecule has 1 aliphatic heterocycles. The fraction of sp³-hybridized carbons (Fsp3) is 0.562. The van der Waals surface area contributed by atoms with Crippen LogP contribution in [0.1, 0.15) is 31.2 Å². The maximum Gasteiger partial charge on any atom is 0.226 e. The third kappa shape index (κ3) is 3.41.